The Morgan fingerprint density at radius 3 is 2.46 bits per heavy atom. The Kier molecular flexibility index (Phi) is 5.76. The fraction of sp³-hybridized carbons (Fsp3) is 0.333. The number of benzene rings is 1. The Morgan fingerprint density at radius 2 is 1.85 bits per heavy atom. The smallest absolute Gasteiger partial charge is 0.338 e. The van der Waals surface area contributed by atoms with E-state index in [1.54, 1.807) is 31.2 Å². The van der Waals surface area contributed by atoms with Gasteiger partial charge in [-0.3, -0.25) is 18.7 Å². The van der Waals surface area contributed by atoms with Crippen LogP contribution in [0.5, 0.6) is 0 Å². The van der Waals surface area contributed by atoms with Crippen molar-refractivity contribution < 1.29 is 14.3 Å². The van der Waals surface area contributed by atoms with Crippen LogP contribution in [0.25, 0.3) is 0 Å². The first-order valence-corrected chi connectivity index (χ1v) is 8.14. The molecule has 0 radical (unpaired) electrons. The number of ketones is 1. The first-order chi connectivity index (χ1) is 12.3. The molecule has 0 amide bonds. The second-order valence-corrected chi connectivity index (χ2v) is 5.87. The Bertz CT molecular complexity index is 972. The zero-order valence-electron chi connectivity index (χ0n) is 14.9. The van der Waals surface area contributed by atoms with Crippen molar-refractivity contribution in [1.29, 1.82) is 0 Å². The van der Waals surface area contributed by atoms with Crippen molar-refractivity contribution >= 4 is 17.6 Å². The minimum atomic E-state index is -0.809. The van der Waals surface area contributed by atoms with Crippen molar-refractivity contribution in [3.63, 3.8) is 0 Å². The van der Waals surface area contributed by atoms with Crippen LogP contribution in [-0.4, -0.2) is 27.5 Å². The van der Waals surface area contributed by atoms with E-state index in [-0.39, 0.29) is 17.9 Å². The van der Waals surface area contributed by atoms with Gasteiger partial charge in [0.2, 0.25) is 5.78 Å². The fourth-order valence-corrected chi connectivity index (χ4v) is 2.57. The number of anilines is 1. The van der Waals surface area contributed by atoms with Crippen molar-refractivity contribution in [2.45, 2.75) is 26.8 Å². The molecule has 0 aliphatic heterocycles. The lowest BCUT2D eigenvalue weighted by molar-refractivity contribution is 0.0473. The van der Waals surface area contributed by atoms with Crippen LogP contribution in [0.3, 0.4) is 0 Å². The molecule has 1 aromatic heterocycles. The second kappa shape index (κ2) is 7.81. The molecule has 0 saturated heterocycles. The predicted octanol–water partition coefficient (Wildman–Crippen LogP) is 0.887. The van der Waals surface area contributed by atoms with Crippen molar-refractivity contribution in [3.05, 3.63) is 61.8 Å². The molecule has 0 atom stereocenters. The van der Waals surface area contributed by atoms with Gasteiger partial charge in [-0.15, -0.1) is 0 Å². The van der Waals surface area contributed by atoms with Gasteiger partial charge in [-0.1, -0.05) is 25.1 Å². The summed E-state index contributed by atoms with van der Waals surface area (Å²) in [5.74, 6) is -1.64. The lowest BCUT2D eigenvalue weighted by Gasteiger charge is -2.14. The van der Waals surface area contributed by atoms with E-state index in [1.165, 1.54) is 7.05 Å². The quantitative estimate of drug-likeness (QED) is 0.605. The van der Waals surface area contributed by atoms with E-state index in [4.69, 9.17) is 10.5 Å². The number of nitrogen functional groups attached to an aromatic ring is 1. The maximum Gasteiger partial charge on any atom is 0.338 e. The molecule has 2 N–H and O–H groups in total. The molecule has 2 aromatic rings. The Hall–Kier alpha value is -3.16. The highest BCUT2D eigenvalue weighted by molar-refractivity contribution is 6.02. The van der Waals surface area contributed by atoms with E-state index in [0.717, 1.165) is 9.13 Å². The number of rotatable bonds is 6. The van der Waals surface area contributed by atoms with E-state index in [1.807, 2.05) is 6.92 Å². The largest absolute Gasteiger partial charge is 0.454 e. The van der Waals surface area contributed by atoms with Crippen LogP contribution >= 0.6 is 0 Å². The number of aryl methyl sites for hydroxylation is 1. The molecule has 26 heavy (non-hydrogen) atoms. The minimum Gasteiger partial charge on any atom is -0.454 e. The van der Waals surface area contributed by atoms with Gasteiger partial charge in [0.25, 0.3) is 5.56 Å². The summed E-state index contributed by atoms with van der Waals surface area (Å²) in [4.78, 5) is 49.0. The molecule has 0 spiro atoms. The van der Waals surface area contributed by atoms with Gasteiger partial charge in [-0.05, 0) is 25.0 Å². The topological polar surface area (TPSA) is 113 Å². The third-order valence-corrected chi connectivity index (χ3v) is 4.01. The first-order valence-electron chi connectivity index (χ1n) is 8.14. The first kappa shape index (κ1) is 19.2. The molecule has 8 nitrogen and oxygen atoms in total. The van der Waals surface area contributed by atoms with Gasteiger partial charge in [0.15, 0.2) is 6.61 Å². The van der Waals surface area contributed by atoms with E-state index in [9.17, 15) is 19.2 Å². The number of carbonyl (C=O) groups excluding carboxylic acids is 2. The molecule has 138 valence electrons. The predicted molar refractivity (Wildman–Crippen MR) is 96.4 cm³/mol. The maximum absolute atomic E-state index is 12.4. The summed E-state index contributed by atoms with van der Waals surface area (Å²) in [6, 6.07) is 6.78. The zero-order valence-corrected chi connectivity index (χ0v) is 14.9. The average Bonchev–Trinajstić information content (AvgIpc) is 2.62. The monoisotopic (exact) mass is 359 g/mol. The molecule has 1 aromatic carbocycles. The molecule has 0 bridgehead atoms. The molecule has 0 aliphatic rings. The van der Waals surface area contributed by atoms with Crippen LogP contribution in [-0.2, 0) is 18.3 Å². The number of nitrogens with two attached hydrogens (primary N) is 1. The number of hydrogen-bond acceptors (Lipinski definition) is 6. The van der Waals surface area contributed by atoms with Crippen LogP contribution in [0.4, 0.5) is 5.82 Å². The van der Waals surface area contributed by atoms with Gasteiger partial charge in [-0.25, -0.2) is 9.59 Å². The summed E-state index contributed by atoms with van der Waals surface area (Å²) in [7, 11) is 1.27. The van der Waals surface area contributed by atoms with Crippen LogP contribution in [0.15, 0.2) is 33.9 Å². The Labute approximate surface area is 149 Å². The maximum atomic E-state index is 12.4. The molecular weight excluding hydrogens is 338 g/mol. The number of Topliss-reactive ketones (excluding diaryl/α,β-unsaturated/α-hetero) is 1. The van der Waals surface area contributed by atoms with Gasteiger partial charge in [0, 0.05) is 13.6 Å². The van der Waals surface area contributed by atoms with Gasteiger partial charge >= 0.3 is 11.7 Å². The van der Waals surface area contributed by atoms with Crippen molar-refractivity contribution in [1.82, 2.24) is 9.13 Å². The second-order valence-electron chi connectivity index (χ2n) is 5.87. The molecule has 0 unspecified atom stereocenters. The van der Waals surface area contributed by atoms with Crippen LogP contribution in [0, 0.1) is 6.92 Å². The summed E-state index contributed by atoms with van der Waals surface area (Å²) in [5, 5.41) is 0. The van der Waals surface area contributed by atoms with Crippen molar-refractivity contribution in [2.24, 2.45) is 7.05 Å². The summed E-state index contributed by atoms with van der Waals surface area (Å²) in [5.41, 5.74) is 5.15. The average molecular weight is 359 g/mol. The van der Waals surface area contributed by atoms with Crippen molar-refractivity contribution in [3.8, 4) is 0 Å². The highest BCUT2D eigenvalue weighted by Crippen LogP contribution is 2.10. The molecule has 2 rings (SSSR count). The molecule has 0 saturated carbocycles. The van der Waals surface area contributed by atoms with Gasteiger partial charge < -0.3 is 10.5 Å². The lowest BCUT2D eigenvalue weighted by Crippen LogP contribution is -2.43. The third kappa shape index (κ3) is 3.58. The summed E-state index contributed by atoms with van der Waals surface area (Å²) in [6.45, 7) is 3.20. The fourth-order valence-electron chi connectivity index (χ4n) is 2.57. The highest BCUT2D eigenvalue weighted by atomic mass is 16.5. The van der Waals surface area contributed by atoms with Gasteiger partial charge in [-0.2, -0.15) is 0 Å². The SMILES string of the molecule is CCCn1c(N)c(C(=O)COC(=O)c2ccccc2C)c(=O)n(C)c1=O. The summed E-state index contributed by atoms with van der Waals surface area (Å²) >= 11 is 0. The van der Waals surface area contributed by atoms with Crippen LogP contribution in [0.1, 0.15) is 39.6 Å². The number of ether oxygens (including phenoxy) is 1. The highest BCUT2D eigenvalue weighted by Gasteiger charge is 2.22. The van der Waals surface area contributed by atoms with Gasteiger partial charge in [0.1, 0.15) is 11.4 Å². The Balaban J connectivity index is 2.30. The summed E-state index contributed by atoms with van der Waals surface area (Å²) < 4.78 is 7.01. The molecule has 0 aliphatic carbocycles. The van der Waals surface area contributed by atoms with Gasteiger partial charge in [0.05, 0.1) is 5.56 Å². The van der Waals surface area contributed by atoms with E-state index < -0.39 is 29.6 Å². The van der Waals surface area contributed by atoms with Crippen molar-refractivity contribution in [2.75, 3.05) is 12.3 Å². The molecule has 8 heteroatoms. The normalized spacial score (nSPS) is 10.6. The number of carbonyl (C=O) groups is 2. The van der Waals surface area contributed by atoms with Crippen LogP contribution in [0.2, 0.25) is 0 Å². The van der Waals surface area contributed by atoms with E-state index in [2.05, 4.69) is 0 Å². The zero-order chi connectivity index (χ0) is 19.4. The number of hydrogen-bond donors (Lipinski definition) is 1. The standard InChI is InChI=1S/C18H21N3O5/c1-4-9-21-15(19)14(16(23)20(3)18(21)25)13(22)10-26-17(24)12-8-6-5-7-11(12)2/h5-8H,4,9-10,19H2,1-3H3. The number of esters is 1. The molecule has 0 fully saturated rings. The van der Waals surface area contributed by atoms with E-state index in [0.29, 0.717) is 17.5 Å². The Morgan fingerprint density at radius 1 is 1.19 bits per heavy atom. The number of aromatic nitrogens is 2. The van der Waals surface area contributed by atoms with Crippen LogP contribution < -0.4 is 17.0 Å². The van der Waals surface area contributed by atoms with E-state index >= 15 is 0 Å². The molecule has 1 heterocycles. The third-order valence-electron chi connectivity index (χ3n) is 4.01. The summed E-state index contributed by atoms with van der Waals surface area (Å²) in [6.07, 6.45) is 0.595. The lowest BCUT2D eigenvalue weighted by atomic mass is 10.1. The number of nitrogens with zero attached hydrogens (tertiary/aromatic N) is 2. The minimum absolute atomic E-state index is 0.211. The molecular formula is C18H21N3O5.